The van der Waals surface area contributed by atoms with Crippen LogP contribution in [0.1, 0.15) is 0 Å². The molecule has 0 radical (unpaired) electrons. The number of aromatic nitrogens is 2. The van der Waals surface area contributed by atoms with E-state index in [9.17, 15) is 0 Å². The van der Waals surface area contributed by atoms with Crippen LogP contribution in [0, 0.1) is 0 Å². The summed E-state index contributed by atoms with van der Waals surface area (Å²) in [5.41, 5.74) is 0. The SMILES string of the molecule is c1cn(CC2COCO2)cn1. The van der Waals surface area contributed by atoms with Gasteiger partial charge in [-0.15, -0.1) is 0 Å². The molecule has 4 nitrogen and oxygen atoms in total. The third-order valence-electron chi connectivity index (χ3n) is 1.66. The van der Waals surface area contributed by atoms with E-state index in [1.807, 2.05) is 10.8 Å². The Morgan fingerprint density at radius 3 is 3.27 bits per heavy atom. The second kappa shape index (κ2) is 3.02. The minimum absolute atomic E-state index is 0.198. The molecule has 0 aliphatic carbocycles. The molecule has 2 rings (SSSR count). The molecule has 60 valence electrons. The molecule has 0 N–H and O–H groups in total. The Bertz CT molecular complexity index is 204. The van der Waals surface area contributed by atoms with E-state index in [-0.39, 0.29) is 6.10 Å². The van der Waals surface area contributed by atoms with E-state index in [0.29, 0.717) is 13.4 Å². The van der Waals surface area contributed by atoms with Gasteiger partial charge in [-0.1, -0.05) is 0 Å². The van der Waals surface area contributed by atoms with Crippen molar-refractivity contribution in [1.82, 2.24) is 9.55 Å². The summed E-state index contributed by atoms with van der Waals surface area (Å²) in [7, 11) is 0. The molecule has 1 fully saturated rings. The zero-order chi connectivity index (χ0) is 7.52. The van der Waals surface area contributed by atoms with Gasteiger partial charge in [0.1, 0.15) is 12.9 Å². The van der Waals surface area contributed by atoms with Crippen LogP contribution in [-0.4, -0.2) is 29.1 Å². The second-order valence-electron chi connectivity index (χ2n) is 2.54. The standard InChI is InChI=1S/C7H10N2O2/c1-2-9(5-8-1)3-7-4-10-6-11-7/h1-2,5,7H,3-4,6H2. The molecule has 0 aromatic carbocycles. The molecule has 1 atom stereocenters. The molecule has 1 unspecified atom stereocenters. The number of imidazole rings is 1. The summed E-state index contributed by atoms with van der Waals surface area (Å²) in [6, 6.07) is 0. The van der Waals surface area contributed by atoms with Gasteiger partial charge in [0.15, 0.2) is 0 Å². The van der Waals surface area contributed by atoms with Crippen LogP contribution in [0.15, 0.2) is 18.7 Å². The van der Waals surface area contributed by atoms with Gasteiger partial charge in [0, 0.05) is 12.4 Å². The van der Waals surface area contributed by atoms with Crippen LogP contribution in [-0.2, 0) is 16.0 Å². The summed E-state index contributed by atoms with van der Waals surface area (Å²) in [5, 5.41) is 0. The van der Waals surface area contributed by atoms with Crippen molar-refractivity contribution in [3.05, 3.63) is 18.7 Å². The van der Waals surface area contributed by atoms with Crippen LogP contribution in [0.3, 0.4) is 0 Å². The highest BCUT2D eigenvalue weighted by molar-refractivity contribution is 4.76. The van der Waals surface area contributed by atoms with Gasteiger partial charge in [-0.25, -0.2) is 4.98 Å². The average molecular weight is 154 g/mol. The molecule has 1 aliphatic heterocycles. The van der Waals surface area contributed by atoms with Crippen molar-refractivity contribution in [2.24, 2.45) is 0 Å². The highest BCUT2D eigenvalue weighted by Crippen LogP contribution is 2.05. The van der Waals surface area contributed by atoms with E-state index in [0.717, 1.165) is 6.54 Å². The lowest BCUT2D eigenvalue weighted by molar-refractivity contribution is 0.0423. The molecule has 0 saturated carbocycles. The maximum absolute atomic E-state index is 5.26. The van der Waals surface area contributed by atoms with Crippen molar-refractivity contribution in [2.45, 2.75) is 12.6 Å². The van der Waals surface area contributed by atoms with E-state index >= 15 is 0 Å². The third kappa shape index (κ3) is 1.58. The van der Waals surface area contributed by atoms with Crippen molar-refractivity contribution < 1.29 is 9.47 Å². The van der Waals surface area contributed by atoms with Crippen LogP contribution in [0.2, 0.25) is 0 Å². The first kappa shape index (κ1) is 6.82. The molecule has 0 spiro atoms. The van der Waals surface area contributed by atoms with Crippen LogP contribution in [0.5, 0.6) is 0 Å². The van der Waals surface area contributed by atoms with Gasteiger partial charge in [-0.3, -0.25) is 0 Å². The van der Waals surface area contributed by atoms with E-state index < -0.39 is 0 Å². The number of hydrogen-bond acceptors (Lipinski definition) is 3. The summed E-state index contributed by atoms with van der Waals surface area (Å²) in [6.07, 6.45) is 5.66. The smallest absolute Gasteiger partial charge is 0.147 e. The summed E-state index contributed by atoms with van der Waals surface area (Å²) in [6.45, 7) is 1.96. The lowest BCUT2D eigenvalue weighted by atomic mass is 10.4. The van der Waals surface area contributed by atoms with Crippen molar-refractivity contribution in [3.8, 4) is 0 Å². The summed E-state index contributed by atoms with van der Waals surface area (Å²) in [5.74, 6) is 0. The molecule has 1 aromatic rings. The molecule has 0 bridgehead atoms. The Morgan fingerprint density at radius 1 is 1.64 bits per heavy atom. The van der Waals surface area contributed by atoms with Gasteiger partial charge in [0.2, 0.25) is 0 Å². The first-order valence-electron chi connectivity index (χ1n) is 3.60. The molecular weight excluding hydrogens is 144 g/mol. The predicted molar refractivity (Wildman–Crippen MR) is 37.9 cm³/mol. The quantitative estimate of drug-likeness (QED) is 0.613. The second-order valence-corrected chi connectivity index (χ2v) is 2.54. The molecule has 2 heterocycles. The Morgan fingerprint density at radius 2 is 2.64 bits per heavy atom. The zero-order valence-corrected chi connectivity index (χ0v) is 6.14. The maximum Gasteiger partial charge on any atom is 0.147 e. The van der Waals surface area contributed by atoms with Gasteiger partial charge in [-0.05, 0) is 0 Å². The van der Waals surface area contributed by atoms with Crippen LogP contribution in [0.4, 0.5) is 0 Å². The van der Waals surface area contributed by atoms with Gasteiger partial charge < -0.3 is 14.0 Å². The Labute approximate surface area is 64.8 Å². The molecule has 0 amide bonds. The monoisotopic (exact) mass is 154 g/mol. The summed E-state index contributed by atoms with van der Waals surface area (Å²) < 4.78 is 12.3. The minimum Gasteiger partial charge on any atom is -0.353 e. The lowest BCUT2D eigenvalue weighted by Crippen LogP contribution is -2.16. The van der Waals surface area contributed by atoms with Gasteiger partial charge in [0.25, 0.3) is 0 Å². The normalized spacial score (nSPS) is 24.2. The lowest BCUT2D eigenvalue weighted by Gasteiger charge is -2.06. The number of hydrogen-bond donors (Lipinski definition) is 0. The molecule has 1 aliphatic rings. The molecule has 1 saturated heterocycles. The Kier molecular flexibility index (Phi) is 1.87. The molecule has 1 aromatic heterocycles. The molecule has 4 heteroatoms. The third-order valence-corrected chi connectivity index (χ3v) is 1.66. The largest absolute Gasteiger partial charge is 0.353 e. The number of rotatable bonds is 2. The van der Waals surface area contributed by atoms with Gasteiger partial charge >= 0.3 is 0 Å². The van der Waals surface area contributed by atoms with E-state index in [1.165, 1.54) is 0 Å². The first-order valence-corrected chi connectivity index (χ1v) is 3.60. The van der Waals surface area contributed by atoms with Crippen molar-refractivity contribution in [1.29, 1.82) is 0 Å². The maximum atomic E-state index is 5.26. The van der Waals surface area contributed by atoms with E-state index in [1.54, 1.807) is 12.5 Å². The minimum atomic E-state index is 0.198. The highest BCUT2D eigenvalue weighted by Gasteiger charge is 2.15. The number of nitrogens with zero attached hydrogens (tertiary/aromatic N) is 2. The Balaban J connectivity index is 1.90. The fourth-order valence-corrected chi connectivity index (χ4v) is 1.11. The fraction of sp³-hybridized carbons (Fsp3) is 0.571. The van der Waals surface area contributed by atoms with Crippen molar-refractivity contribution >= 4 is 0 Å². The average Bonchev–Trinajstić information content (AvgIpc) is 2.60. The number of ether oxygens (including phenoxy) is 2. The predicted octanol–water partition coefficient (Wildman–Crippen LogP) is 0.256. The fourth-order valence-electron chi connectivity index (χ4n) is 1.11. The Hall–Kier alpha value is -0.870. The topological polar surface area (TPSA) is 36.3 Å². The van der Waals surface area contributed by atoms with Gasteiger partial charge in [-0.2, -0.15) is 0 Å². The van der Waals surface area contributed by atoms with Crippen molar-refractivity contribution in [2.75, 3.05) is 13.4 Å². The van der Waals surface area contributed by atoms with Crippen LogP contribution < -0.4 is 0 Å². The van der Waals surface area contributed by atoms with Crippen LogP contribution >= 0.6 is 0 Å². The molecule has 11 heavy (non-hydrogen) atoms. The van der Waals surface area contributed by atoms with E-state index in [2.05, 4.69) is 4.98 Å². The molecular formula is C7H10N2O2. The summed E-state index contributed by atoms with van der Waals surface area (Å²) >= 11 is 0. The zero-order valence-electron chi connectivity index (χ0n) is 6.14. The summed E-state index contributed by atoms with van der Waals surface area (Å²) in [4.78, 5) is 3.93. The van der Waals surface area contributed by atoms with E-state index in [4.69, 9.17) is 9.47 Å². The van der Waals surface area contributed by atoms with Crippen molar-refractivity contribution in [3.63, 3.8) is 0 Å². The highest BCUT2D eigenvalue weighted by atomic mass is 16.7. The van der Waals surface area contributed by atoms with Gasteiger partial charge in [0.05, 0.1) is 19.5 Å². The first-order chi connectivity index (χ1) is 5.45. The van der Waals surface area contributed by atoms with Crippen LogP contribution in [0.25, 0.3) is 0 Å².